The van der Waals surface area contributed by atoms with E-state index in [4.69, 9.17) is 4.74 Å². The first kappa shape index (κ1) is 10.5. The van der Waals surface area contributed by atoms with E-state index in [1.807, 2.05) is 6.92 Å². The molecule has 0 aromatic heterocycles. The first-order valence-electron chi connectivity index (χ1n) is 4.84. The minimum atomic E-state index is -0.0926. The maximum Gasteiger partial charge on any atom is 0.307 e. The summed E-state index contributed by atoms with van der Waals surface area (Å²) in [5.74, 6) is -0.0926. The SMILES string of the molecule is CCOC(=O)CCN1CC[N]CC1. The number of carbonyl (C=O) groups is 1. The van der Waals surface area contributed by atoms with Crippen molar-refractivity contribution >= 4 is 5.97 Å². The predicted molar refractivity (Wildman–Crippen MR) is 49.6 cm³/mol. The van der Waals surface area contributed by atoms with Crippen molar-refractivity contribution in [2.75, 3.05) is 39.3 Å². The molecule has 0 saturated carbocycles. The second-order valence-corrected chi connectivity index (χ2v) is 3.07. The van der Waals surface area contributed by atoms with Crippen molar-refractivity contribution in [1.82, 2.24) is 10.2 Å². The summed E-state index contributed by atoms with van der Waals surface area (Å²) in [6, 6.07) is 0. The molecule has 4 nitrogen and oxygen atoms in total. The fraction of sp³-hybridized carbons (Fsp3) is 0.889. The van der Waals surface area contributed by atoms with Gasteiger partial charge in [-0.1, -0.05) is 0 Å². The van der Waals surface area contributed by atoms with Gasteiger partial charge in [0.2, 0.25) is 0 Å². The van der Waals surface area contributed by atoms with E-state index >= 15 is 0 Å². The first-order chi connectivity index (χ1) is 6.33. The van der Waals surface area contributed by atoms with Gasteiger partial charge in [-0.2, -0.15) is 0 Å². The molecule has 13 heavy (non-hydrogen) atoms. The third-order valence-electron chi connectivity index (χ3n) is 2.09. The van der Waals surface area contributed by atoms with Crippen LogP contribution in [0.2, 0.25) is 0 Å². The van der Waals surface area contributed by atoms with Crippen LogP contribution in [0.15, 0.2) is 0 Å². The van der Waals surface area contributed by atoms with Gasteiger partial charge in [0.05, 0.1) is 13.0 Å². The molecule has 0 aliphatic carbocycles. The summed E-state index contributed by atoms with van der Waals surface area (Å²) >= 11 is 0. The molecule has 1 radical (unpaired) electrons. The minimum absolute atomic E-state index is 0.0926. The second kappa shape index (κ2) is 5.94. The van der Waals surface area contributed by atoms with E-state index in [2.05, 4.69) is 10.2 Å². The summed E-state index contributed by atoms with van der Waals surface area (Å²) in [5.41, 5.74) is 0. The molecule has 0 unspecified atom stereocenters. The lowest BCUT2D eigenvalue weighted by molar-refractivity contribution is -0.143. The highest BCUT2D eigenvalue weighted by Gasteiger charge is 2.11. The van der Waals surface area contributed by atoms with Crippen LogP contribution in [0.1, 0.15) is 13.3 Å². The van der Waals surface area contributed by atoms with Gasteiger partial charge in [-0.05, 0) is 6.92 Å². The molecule has 0 aromatic rings. The first-order valence-corrected chi connectivity index (χ1v) is 4.84. The van der Waals surface area contributed by atoms with Crippen molar-refractivity contribution in [2.45, 2.75) is 13.3 Å². The van der Waals surface area contributed by atoms with E-state index < -0.39 is 0 Å². The highest BCUT2D eigenvalue weighted by Crippen LogP contribution is 1.96. The topological polar surface area (TPSA) is 43.6 Å². The lowest BCUT2D eigenvalue weighted by Crippen LogP contribution is -2.41. The lowest BCUT2D eigenvalue weighted by atomic mass is 10.3. The van der Waals surface area contributed by atoms with Gasteiger partial charge < -0.3 is 9.64 Å². The molecule has 1 rings (SSSR count). The molecule has 0 atom stereocenters. The molecule has 0 amide bonds. The Hall–Kier alpha value is -0.610. The highest BCUT2D eigenvalue weighted by molar-refractivity contribution is 5.69. The molecule has 0 bridgehead atoms. The van der Waals surface area contributed by atoms with Crippen molar-refractivity contribution in [1.29, 1.82) is 0 Å². The third kappa shape index (κ3) is 4.24. The Morgan fingerprint density at radius 2 is 2.15 bits per heavy atom. The number of hydrogen-bond donors (Lipinski definition) is 0. The monoisotopic (exact) mass is 185 g/mol. The van der Waals surface area contributed by atoms with Gasteiger partial charge in [0.15, 0.2) is 0 Å². The molecular formula is C9H17N2O2. The summed E-state index contributed by atoms with van der Waals surface area (Å²) in [6.45, 7) is 6.91. The number of carbonyl (C=O) groups excluding carboxylic acids is 1. The van der Waals surface area contributed by atoms with Crippen molar-refractivity contribution in [3.05, 3.63) is 0 Å². The number of nitrogens with zero attached hydrogens (tertiary/aromatic N) is 2. The molecule has 1 fully saturated rings. The lowest BCUT2D eigenvalue weighted by Gasteiger charge is -2.25. The smallest absolute Gasteiger partial charge is 0.307 e. The van der Waals surface area contributed by atoms with Gasteiger partial charge >= 0.3 is 5.97 Å². The van der Waals surface area contributed by atoms with E-state index in [1.54, 1.807) is 0 Å². The zero-order chi connectivity index (χ0) is 9.52. The van der Waals surface area contributed by atoms with Crippen LogP contribution in [0.25, 0.3) is 0 Å². The summed E-state index contributed by atoms with van der Waals surface area (Å²) in [4.78, 5) is 13.3. The Balaban J connectivity index is 2.06. The van der Waals surface area contributed by atoms with Gasteiger partial charge in [0, 0.05) is 32.7 Å². The average Bonchev–Trinajstić information content (AvgIpc) is 2.17. The van der Waals surface area contributed by atoms with E-state index in [1.165, 1.54) is 0 Å². The number of hydrogen-bond acceptors (Lipinski definition) is 3. The van der Waals surface area contributed by atoms with Gasteiger partial charge in [0.25, 0.3) is 0 Å². The Kier molecular flexibility index (Phi) is 4.78. The Morgan fingerprint density at radius 1 is 1.46 bits per heavy atom. The molecule has 1 saturated heterocycles. The maximum atomic E-state index is 11.0. The van der Waals surface area contributed by atoms with Crippen LogP contribution in [0.3, 0.4) is 0 Å². The standard InChI is InChI=1S/C9H17N2O2/c1-2-13-9(12)3-6-11-7-4-10-5-8-11/h2-8H2,1H3. The van der Waals surface area contributed by atoms with Crippen LogP contribution in [-0.2, 0) is 9.53 Å². The molecule has 4 heteroatoms. The number of esters is 1. The van der Waals surface area contributed by atoms with Crippen LogP contribution < -0.4 is 5.32 Å². The van der Waals surface area contributed by atoms with Gasteiger partial charge in [-0.25, -0.2) is 5.32 Å². The Bertz CT molecular complexity index is 156. The minimum Gasteiger partial charge on any atom is -0.466 e. The molecular weight excluding hydrogens is 168 g/mol. The normalized spacial score (nSPS) is 18.5. The largest absolute Gasteiger partial charge is 0.466 e. The Morgan fingerprint density at radius 3 is 2.77 bits per heavy atom. The number of piperazine rings is 1. The van der Waals surface area contributed by atoms with E-state index in [0.717, 1.165) is 32.7 Å². The summed E-state index contributed by atoms with van der Waals surface area (Å²) in [5, 5.41) is 4.23. The van der Waals surface area contributed by atoms with Crippen LogP contribution in [0, 0.1) is 0 Å². The quantitative estimate of drug-likeness (QED) is 0.573. The summed E-state index contributed by atoms with van der Waals surface area (Å²) in [6.07, 6.45) is 0.508. The zero-order valence-corrected chi connectivity index (χ0v) is 8.16. The van der Waals surface area contributed by atoms with Crippen LogP contribution in [-0.4, -0.2) is 50.2 Å². The summed E-state index contributed by atoms with van der Waals surface area (Å²) in [7, 11) is 0. The van der Waals surface area contributed by atoms with Crippen molar-refractivity contribution < 1.29 is 9.53 Å². The number of rotatable bonds is 4. The second-order valence-electron chi connectivity index (χ2n) is 3.07. The van der Waals surface area contributed by atoms with Crippen molar-refractivity contribution in [3.8, 4) is 0 Å². The molecule has 1 aliphatic rings. The molecule has 1 heterocycles. The van der Waals surface area contributed by atoms with E-state index in [-0.39, 0.29) is 5.97 Å². The van der Waals surface area contributed by atoms with E-state index in [0.29, 0.717) is 13.0 Å². The van der Waals surface area contributed by atoms with Crippen molar-refractivity contribution in [3.63, 3.8) is 0 Å². The Labute approximate surface area is 79.2 Å². The average molecular weight is 185 g/mol. The van der Waals surface area contributed by atoms with Crippen molar-refractivity contribution in [2.24, 2.45) is 0 Å². The van der Waals surface area contributed by atoms with Crippen LogP contribution >= 0.6 is 0 Å². The summed E-state index contributed by atoms with van der Waals surface area (Å²) < 4.78 is 4.84. The molecule has 0 N–H and O–H groups in total. The molecule has 75 valence electrons. The van der Waals surface area contributed by atoms with Gasteiger partial charge in [-0.15, -0.1) is 0 Å². The van der Waals surface area contributed by atoms with Crippen LogP contribution in [0.5, 0.6) is 0 Å². The van der Waals surface area contributed by atoms with Gasteiger partial charge in [0.1, 0.15) is 0 Å². The van der Waals surface area contributed by atoms with Crippen LogP contribution in [0.4, 0.5) is 0 Å². The number of ether oxygens (including phenoxy) is 1. The highest BCUT2D eigenvalue weighted by atomic mass is 16.5. The molecule has 1 aliphatic heterocycles. The zero-order valence-electron chi connectivity index (χ0n) is 8.16. The molecule has 0 aromatic carbocycles. The van der Waals surface area contributed by atoms with Gasteiger partial charge in [-0.3, -0.25) is 4.79 Å². The maximum absolute atomic E-state index is 11.0. The third-order valence-corrected chi connectivity index (χ3v) is 2.09. The fourth-order valence-corrected chi connectivity index (χ4v) is 1.35. The van der Waals surface area contributed by atoms with E-state index in [9.17, 15) is 4.79 Å². The fourth-order valence-electron chi connectivity index (χ4n) is 1.35. The predicted octanol–water partition coefficient (Wildman–Crippen LogP) is -0.140. The molecule has 0 spiro atoms.